The molecule has 1 amide bonds. The SMILES string of the molecule is NCc1cnc2ccccc2c1N1CCCC(C(N)=O)C1. The van der Waals surface area contributed by atoms with Gasteiger partial charge in [-0.25, -0.2) is 0 Å². The summed E-state index contributed by atoms with van der Waals surface area (Å²) >= 11 is 0. The number of piperidine rings is 1. The fourth-order valence-corrected chi connectivity index (χ4v) is 3.10. The van der Waals surface area contributed by atoms with Gasteiger partial charge in [0.05, 0.1) is 17.1 Å². The molecule has 1 aromatic carbocycles. The van der Waals surface area contributed by atoms with Crippen molar-refractivity contribution in [2.45, 2.75) is 19.4 Å². The van der Waals surface area contributed by atoms with E-state index >= 15 is 0 Å². The number of primary amides is 1. The molecule has 1 aliphatic heterocycles. The van der Waals surface area contributed by atoms with Crippen LogP contribution in [0.5, 0.6) is 0 Å². The molecule has 1 saturated heterocycles. The van der Waals surface area contributed by atoms with Gasteiger partial charge in [0.25, 0.3) is 0 Å². The highest BCUT2D eigenvalue weighted by Crippen LogP contribution is 2.32. The van der Waals surface area contributed by atoms with E-state index in [1.165, 1.54) is 0 Å². The van der Waals surface area contributed by atoms with Crippen LogP contribution in [0.2, 0.25) is 0 Å². The second-order valence-corrected chi connectivity index (χ2v) is 5.54. The van der Waals surface area contributed by atoms with Gasteiger partial charge in [-0.1, -0.05) is 18.2 Å². The number of hydrogen-bond acceptors (Lipinski definition) is 4. The van der Waals surface area contributed by atoms with Gasteiger partial charge in [0.15, 0.2) is 0 Å². The first-order valence-corrected chi connectivity index (χ1v) is 7.31. The number of amides is 1. The van der Waals surface area contributed by atoms with Crippen LogP contribution in [0.4, 0.5) is 5.69 Å². The van der Waals surface area contributed by atoms with Gasteiger partial charge in [0.2, 0.25) is 5.91 Å². The van der Waals surface area contributed by atoms with E-state index in [0.717, 1.165) is 41.5 Å². The Morgan fingerprint density at radius 2 is 2.19 bits per heavy atom. The van der Waals surface area contributed by atoms with Gasteiger partial charge in [0.1, 0.15) is 0 Å². The number of fused-ring (bicyclic) bond motifs is 1. The first-order chi connectivity index (χ1) is 10.2. The topological polar surface area (TPSA) is 85.2 Å². The lowest BCUT2D eigenvalue weighted by molar-refractivity contribution is -0.122. The number of hydrogen-bond donors (Lipinski definition) is 2. The average molecular weight is 284 g/mol. The Kier molecular flexibility index (Phi) is 3.75. The van der Waals surface area contributed by atoms with E-state index in [4.69, 9.17) is 11.5 Å². The minimum atomic E-state index is -0.215. The highest BCUT2D eigenvalue weighted by molar-refractivity contribution is 5.93. The second kappa shape index (κ2) is 5.69. The van der Waals surface area contributed by atoms with Crippen LogP contribution in [0.3, 0.4) is 0 Å². The third-order valence-electron chi connectivity index (χ3n) is 4.18. The lowest BCUT2D eigenvalue weighted by Crippen LogP contribution is -2.41. The summed E-state index contributed by atoms with van der Waals surface area (Å²) in [7, 11) is 0. The molecular weight excluding hydrogens is 264 g/mol. The Morgan fingerprint density at radius 3 is 2.95 bits per heavy atom. The van der Waals surface area contributed by atoms with Gasteiger partial charge in [-0.15, -0.1) is 0 Å². The van der Waals surface area contributed by atoms with Gasteiger partial charge in [-0.05, 0) is 18.9 Å². The predicted molar refractivity (Wildman–Crippen MR) is 83.8 cm³/mol. The van der Waals surface area contributed by atoms with Crippen molar-refractivity contribution in [1.82, 2.24) is 4.98 Å². The molecular formula is C16H20N4O. The van der Waals surface area contributed by atoms with Crippen LogP contribution in [0.1, 0.15) is 18.4 Å². The molecule has 0 aliphatic carbocycles. The Balaban J connectivity index is 2.07. The molecule has 0 bridgehead atoms. The van der Waals surface area contributed by atoms with Crippen LogP contribution in [0.15, 0.2) is 30.5 Å². The zero-order chi connectivity index (χ0) is 14.8. The molecule has 1 atom stereocenters. The number of pyridine rings is 1. The average Bonchev–Trinajstić information content (AvgIpc) is 2.53. The van der Waals surface area contributed by atoms with Crippen molar-refractivity contribution in [1.29, 1.82) is 0 Å². The maximum atomic E-state index is 11.5. The fourth-order valence-electron chi connectivity index (χ4n) is 3.10. The molecule has 110 valence electrons. The first kappa shape index (κ1) is 13.8. The minimum Gasteiger partial charge on any atom is -0.370 e. The molecule has 21 heavy (non-hydrogen) atoms. The summed E-state index contributed by atoms with van der Waals surface area (Å²) in [5.41, 5.74) is 14.4. The second-order valence-electron chi connectivity index (χ2n) is 5.54. The predicted octanol–water partition coefficient (Wildman–Crippen LogP) is 1.40. The van der Waals surface area contributed by atoms with E-state index in [1.807, 2.05) is 24.4 Å². The number of rotatable bonds is 3. The number of nitrogens with zero attached hydrogens (tertiary/aromatic N) is 2. The first-order valence-electron chi connectivity index (χ1n) is 7.31. The van der Waals surface area contributed by atoms with E-state index in [9.17, 15) is 4.79 Å². The molecule has 1 aromatic heterocycles. The lowest BCUT2D eigenvalue weighted by atomic mass is 9.95. The normalized spacial score (nSPS) is 18.9. The van der Waals surface area contributed by atoms with Crippen molar-refractivity contribution < 1.29 is 4.79 Å². The van der Waals surface area contributed by atoms with Crippen molar-refractivity contribution >= 4 is 22.5 Å². The molecule has 0 spiro atoms. The van der Waals surface area contributed by atoms with E-state index < -0.39 is 0 Å². The number of para-hydroxylation sites is 1. The van der Waals surface area contributed by atoms with Crippen LogP contribution in [0.25, 0.3) is 10.9 Å². The molecule has 0 radical (unpaired) electrons. The van der Waals surface area contributed by atoms with Gasteiger partial charge in [0, 0.05) is 36.8 Å². The summed E-state index contributed by atoms with van der Waals surface area (Å²) in [4.78, 5) is 18.2. The van der Waals surface area contributed by atoms with Crippen LogP contribution < -0.4 is 16.4 Å². The highest BCUT2D eigenvalue weighted by atomic mass is 16.1. The maximum absolute atomic E-state index is 11.5. The number of carbonyl (C=O) groups excluding carboxylic acids is 1. The molecule has 1 fully saturated rings. The third kappa shape index (κ3) is 2.56. The highest BCUT2D eigenvalue weighted by Gasteiger charge is 2.26. The standard InChI is InChI=1S/C16H20N4O/c17-8-12-9-19-14-6-2-1-5-13(14)15(12)20-7-3-4-11(10-20)16(18)21/h1-2,5-6,9,11H,3-4,7-8,10,17H2,(H2,18,21). The smallest absolute Gasteiger partial charge is 0.222 e. The van der Waals surface area contributed by atoms with E-state index in [0.29, 0.717) is 13.1 Å². The number of anilines is 1. The Hall–Kier alpha value is -2.14. The Morgan fingerprint density at radius 1 is 1.38 bits per heavy atom. The van der Waals surface area contributed by atoms with Crippen molar-refractivity contribution in [2.75, 3.05) is 18.0 Å². The van der Waals surface area contributed by atoms with Crippen LogP contribution in [-0.2, 0) is 11.3 Å². The zero-order valence-electron chi connectivity index (χ0n) is 12.0. The summed E-state index contributed by atoms with van der Waals surface area (Å²) in [6.07, 6.45) is 3.67. The molecule has 4 N–H and O–H groups in total. The molecule has 2 aromatic rings. The van der Waals surface area contributed by atoms with Gasteiger partial charge < -0.3 is 16.4 Å². The molecule has 5 nitrogen and oxygen atoms in total. The van der Waals surface area contributed by atoms with Gasteiger partial charge in [-0.2, -0.15) is 0 Å². The molecule has 1 unspecified atom stereocenters. The minimum absolute atomic E-state index is 0.0868. The summed E-state index contributed by atoms with van der Waals surface area (Å²) in [6.45, 7) is 2.02. The number of carbonyl (C=O) groups is 1. The molecule has 3 rings (SSSR count). The van der Waals surface area contributed by atoms with Crippen LogP contribution in [0, 0.1) is 5.92 Å². The molecule has 1 aliphatic rings. The zero-order valence-corrected chi connectivity index (χ0v) is 12.0. The van der Waals surface area contributed by atoms with Gasteiger partial charge in [-0.3, -0.25) is 9.78 Å². The van der Waals surface area contributed by atoms with Crippen molar-refractivity contribution in [3.05, 3.63) is 36.0 Å². The lowest BCUT2D eigenvalue weighted by Gasteiger charge is -2.34. The monoisotopic (exact) mass is 284 g/mol. The van der Waals surface area contributed by atoms with E-state index in [-0.39, 0.29) is 11.8 Å². The molecule has 2 heterocycles. The Bertz CT molecular complexity index is 670. The fraction of sp³-hybridized carbons (Fsp3) is 0.375. The summed E-state index contributed by atoms with van der Waals surface area (Å²) in [6, 6.07) is 8.03. The molecule has 5 heteroatoms. The van der Waals surface area contributed by atoms with Crippen LogP contribution in [-0.4, -0.2) is 24.0 Å². The number of nitrogens with two attached hydrogens (primary N) is 2. The number of benzene rings is 1. The van der Waals surface area contributed by atoms with Crippen LogP contribution >= 0.6 is 0 Å². The largest absolute Gasteiger partial charge is 0.370 e. The maximum Gasteiger partial charge on any atom is 0.222 e. The van der Waals surface area contributed by atoms with E-state index in [1.54, 1.807) is 0 Å². The quantitative estimate of drug-likeness (QED) is 0.892. The number of aromatic nitrogens is 1. The third-order valence-corrected chi connectivity index (χ3v) is 4.18. The van der Waals surface area contributed by atoms with Gasteiger partial charge >= 0.3 is 0 Å². The summed E-state index contributed by atoms with van der Waals surface area (Å²) < 4.78 is 0. The van der Waals surface area contributed by atoms with E-state index in [2.05, 4.69) is 16.0 Å². The Labute approximate surface area is 123 Å². The summed E-state index contributed by atoms with van der Waals surface area (Å²) in [5.74, 6) is -0.302. The van der Waals surface area contributed by atoms with Crippen molar-refractivity contribution in [3.63, 3.8) is 0 Å². The molecule has 0 saturated carbocycles. The van der Waals surface area contributed by atoms with Crippen molar-refractivity contribution in [3.8, 4) is 0 Å². The van der Waals surface area contributed by atoms with Crippen molar-refractivity contribution in [2.24, 2.45) is 17.4 Å². The summed E-state index contributed by atoms with van der Waals surface area (Å²) in [5, 5.41) is 1.09.